The van der Waals surface area contributed by atoms with Crippen molar-refractivity contribution in [3.05, 3.63) is 65.5 Å². The summed E-state index contributed by atoms with van der Waals surface area (Å²) >= 11 is 0. The number of nitrogens with one attached hydrogen (secondary N) is 1. The minimum Gasteiger partial charge on any atom is -0.337 e. The van der Waals surface area contributed by atoms with E-state index in [9.17, 15) is 5.26 Å². The Bertz CT molecular complexity index is 829. The highest BCUT2D eigenvalue weighted by atomic mass is 14.9. The number of allylic oxidation sites excluding steroid dienone is 1. The van der Waals surface area contributed by atoms with Crippen LogP contribution in [0.4, 0.5) is 0 Å². The van der Waals surface area contributed by atoms with E-state index in [1.165, 1.54) is 5.56 Å². The number of benzene rings is 2. The lowest BCUT2D eigenvalue weighted by Crippen LogP contribution is -1.88. The molecule has 0 saturated carbocycles. The van der Waals surface area contributed by atoms with E-state index >= 15 is 0 Å². The van der Waals surface area contributed by atoms with Crippen LogP contribution in [0.15, 0.2) is 48.5 Å². The number of nitrogens with zero attached hydrogens (tertiary/aromatic N) is 2. The first-order valence-corrected chi connectivity index (χ1v) is 7.34. The Morgan fingerprint density at radius 2 is 1.86 bits per heavy atom. The molecule has 0 amide bonds. The minimum atomic E-state index is 0.504. The topological polar surface area (TPSA) is 52.5 Å². The number of hydrogen-bond donors (Lipinski definition) is 1. The van der Waals surface area contributed by atoms with E-state index in [-0.39, 0.29) is 0 Å². The second-order valence-electron chi connectivity index (χ2n) is 5.59. The number of hydrogen-bond acceptors (Lipinski definition) is 2. The van der Waals surface area contributed by atoms with Crippen LogP contribution in [0.3, 0.4) is 0 Å². The third kappa shape index (κ3) is 2.77. The van der Waals surface area contributed by atoms with Gasteiger partial charge in [-0.25, -0.2) is 4.98 Å². The molecule has 0 radical (unpaired) electrons. The van der Waals surface area contributed by atoms with E-state index in [4.69, 9.17) is 0 Å². The fraction of sp³-hybridized carbons (Fsp3) is 0.158. The van der Waals surface area contributed by atoms with Gasteiger partial charge in [0.25, 0.3) is 0 Å². The van der Waals surface area contributed by atoms with Crippen molar-refractivity contribution in [1.29, 1.82) is 5.26 Å². The maximum Gasteiger partial charge on any atom is 0.149 e. The van der Waals surface area contributed by atoms with Gasteiger partial charge in [-0.3, -0.25) is 0 Å². The zero-order valence-corrected chi connectivity index (χ0v) is 12.7. The van der Waals surface area contributed by atoms with Crippen LogP contribution in [0.5, 0.6) is 0 Å². The van der Waals surface area contributed by atoms with Crippen LogP contribution in [0, 0.1) is 11.3 Å². The largest absolute Gasteiger partial charge is 0.337 e. The van der Waals surface area contributed by atoms with Crippen molar-refractivity contribution in [2.45, 2.75) is 19.8 Å². The summed E-state index contributed by atoms with van der Waals surface area (Å²) in [6.45, 7) is 4.33. The fourth-order valence-electron chi connectivity index (χ4n) is 2.38. The lowest BCUT2D eigenvalue weighted by atomic mass is 10.0. The molecule has 0 aliphatic rings. The molecule has 3 aromatic rings. The van der Waals surface area contributed by atoms with Gasteiger partial charge in [0.1, 0.15) is 11.9 Å². The molecular formula is C19H17N3. The van der Waals surface area contributed by atoms with Gasteiger partial charge in [0.2, 0.25) is 0 Å². The van der Waals surface area contributed by atoms with Gasteiger partial charge in [0, 0.05) is 0 Å². The van der Waals surface area contributed by atoms with Gasteiger partial charge >= 0.3 is 0 Å². The summed E-state index contributed by atoms with van der Waals surface area (Å²) in [7, 11) is 0. The third-order valence-electron chi connectivity index (χ3n) is 3.68. The van der Waals surface area contributed by atoms with Gasteiger partial charge < -0.3 is 4.98 Å². The lowest BCUT2D eigenvalue weighted by molar-refractivity contribution is 0.866. The number of para-hydroxylation sites is 2. The first kappa shape index (κ1) is 14.1. The quantitative estimate of drug-likeness (QED) is 0.707. The molecule has 0 spiro atoms. The van der Waals surface area contributed by atoms with E-state index in [1.54, 1.807) is 0 Å². The summed E-state index contributed by atoms with van der Waals surface area (Å²) in [5.74, 6) is 1.11. The molecule has 0 aliphatic carbocycles. The van der Waals surface area contributed by atoms with Crippen molar-refractivity contribution in [3.63, 3.8) is 0 Å². The van der Waals surface area contributed by atoms with E-state index in [0.717, 1.165) is 16.6 Å². The van der Waals surface area contributed by atoms with E-state index in [1.807, 2.05) is 42.5 Å². The molecule has 3 heteroatoms. The van der Waals surface area contributed by atoms with Gasteiger partial charge in [-0.2, -0.15) is 5.26 Å². The molecule has 0 saturated heterocycles. The number of aromatic nitrogens is 2. The normalized spacial score (nSPS) is 11.8. The van der Waals surface area contributed by atoms with E-state index < -0.39 is 0 Å². The number of aromatic amines is 1. The highest BCUT2D eigenvalue weighted by Gasteiger charge is 2.07. The molecule has 1 heterocycles. The van der Waals surface area contributed by atoms with Crippen molar-refractivity contribution in [3.8, 4) is 6.07 Å². The minimum absolute atomic E-state index is 0.504. The number of fused-ring (bicyclic) bond motifs is 1. The number of nitriles is 1. The summed E-state index contributed by atoms with van der Waals surface area (Å²) in [5.41, 5.74) is 4.64. The fourth-order valence-corrected chi connectivity index (χ4v) is 2.38. The smallest absolute Gasteiger partial charge is 0.149 e. The Hall–Kier alpha value is -2.86. The van der Waals surface area contributed by atoms with Gasteiger partial charge in [0.15, 0.2) is 0 Å². The molecule has 0 bridgehead atoms. The summed E-state index contributed by atoms with van der Waals surface area (Å²) in [6.07, 6.45) is 1.86. The zero-order chi connectivity index (χ0) is 15.5. The SMILES string of the molecule is CC(C)c1ccc(C=C(C#N)c2nc3ccccc3[nH]2)cc1. The van der Waals surface area contributed by atoms with Crippen LogP contribution in [0.1, 0.15) is 36.7 Å². The Morgan fingerprint density at radius 1 is 1.14 bits per heavy atom. The summed E-state index contributed by atoms with van der Waals surface area (Å²) in [4.78, 5) is 7.67. The molecule has 2 aromatic carbocycles. The second kappa shape index (κ2) is 5.87. The summed E-state index contributed by atoms with van der Waals surface area (Å²) < 4.78 is 0. The number of H-pyrrole nitrogens is 1. The molecule has 3 rings (SSSR count). The molecule has 1 N–H and O–H groups in total. The van der Waals surface area contributed by atoms with Gasteiger partial charge in [-0.1, -0.05) is 50.2 Å². The molecule has 0 fully saturated rings. The molecule has 0 atom stereocenters. The van der Waals surface area contributed by atoms with E-state index in [2.05, 4.69) is 42.0 Å². The van der Waals surface area contributed by atoms with Crippen molar-refractivity contribution in [2.75, 3.05) is 0 Å². The standard InChI is InChI=1S/C19H17N3/c1-13(2)15-9-7-14(8-10-15)11-16(12-20)19-21-17-5-3-4-6-18(17)22-19/h3-11,13H,1-2H3,(H,21,22). The summed E-state index contributed by atoms with van der Waals surface area (Å²) in [6, 6.07) is 18.3. The predicted molar refractivity (Wildman–Crippen MR) is 90.1 cm³/mol. The number of imidazole rings is 1. The Balaban J connectivity index is 1.97. The molecular weight excluding hydrogens is 270 g/mol. The van der Waals surface area contributed by atoms with Gasteiger partial charge in [-0.15, -0.1) is 0 Å². The van der Waals surface area contributed by atoms with Crippen molar-refractivity contribution >= 4 is 22.7 Å². The van der Waals surface area contributed by atoms with Crippen LogP contribution in [0.25, 0.3) is 22.7 Å². The summed E-state index contributed by atoms with van der Waals surface area (Å²) in [5, 5.41) is 9.43. The maximum atomic E-state index is 9.43. The van der Waals surface area contributed by atoms with Crippen LogP contribution >= 0.6 is 0 Å². The molecule has 108 valence electrons. The monoisotopic (exact) mass is 287 g/mol. The van der Waals surface area contributed by atoms with Crippen molar-refractivity contribution < 1.29 is 0 Å². The van der Waals surface area contributed by atoms with Crippen LogP contribution in [-0.4, -0.2) is 9.97 Å². The lowest BCUT2D eigenvalue weighted by Gasteiger charge is -2.04. The number of rotatable bonds is 3. The first-order valence-electron chi connectivity index (χ1n) is 7.34. The molecule has 0 unspecified atom stereocenters. The first-order chi connectivity index (χ1) is 10.7. The Kier molecular flexibility index (Phi) is 3.76. The van der Waals surface area contributed by atoms with Crippen LogP contribution in [-0.2, 0) is 0 Å². The van der Waals surface area contributed by atoms with Gasteiger partial charge in [0.05, 0.1) is 16.6 Å². The van der Waals surface area contributed by atoms with Crippen molar-refractivity contribution in [1.82, 2.24) is 9.97 Å². The highest BCUT2D eigenvalue weighted by Crippen LogP contribution is 2.20. The maximum absolute atomic E-state index is 9.43. The van der Waals surface area contributed by atoms with Crippen LogP contribution in [0.2, 0.25) is 0 Å². The second-order valence-corrected chi connectivity index (χ2v) is 5.59. The van der Waals surface area contributed by atoms with Crippen LogP contribution < -0.4 is 0 Å². The average Bonchev–Trinajstić information content (AvgIpc) is 2.96. The average molecular weight is 287 g/mol. The molecule has 0 aliphatic heterocycles. The highest BCUT2D eigenvalue weighted by molar-refractivity contribution is 5.90. The van der Waals surface area contributed by atoms with Crippen molar-refractivity contribution in [2.24, 2.45) is 0 Å². The zero-order valence-electron chi connectivity index (χ0n) is 12.7. The van der Waals surface area contributed by atoms with E-state index in [0.29, 0.717) is 17.3 Å². The van der Waals surface area contributed by atoms with Gasteiger partial charge in [-0.05, 0) is 35.3 Å². The third-order valence-corrected chi connectivity index (χ3v) is 3.68. The Morgan fingerprint density at radius 3 is 2.50 bits per heavy atom. The molecule has 22 heavy (non-hydrogen) atoms. The Labute approximate surface area is 129 Å². The predicted octanol–water partition coefficient (Wildman–Crippen LogP) is 4.75. The molecule has 1 aromatic heterocycles. The molecule has 3 nitrogen and oxygen atoms in total.